The Morgan fingerprint density at radius 1 is 1.00 bits per heavy atom. The summed E-state index contributed by atoms with van der Waals surface area (Å²) >= 11 is 5.82. The van der Waals surface area contributed by atoms with E-state index >= 15 is 0 Å². The Labute approximate surface area is 93.3 Å². The zero-order valence-electron chi connectivity index (χ0n) is 7.98. The molecule has 2 rings (SSSR count). The standard InChI is InChI=1S/C13H9ClO/c14-12-6-7-13(11(8-12)9-15)10-4-2-1-3-5-10/h1-9H. The quantitative estimate of drug-likeness (QED) is 0.698. The van der Waals surface area contributed by atoms with E-state index in [-0.39, 0.29) is 0 Å². The van der Waals surface area contributed by atoms with Crippen LogP contribution in [-0.4, -0.2) is 6.29 Å². The van der Waals surface area contributed by atoms with Crippen molar-refractivity contribution in [3.05, 3.63) is 59.1 Å². The van der Waals surface area contributed by atoms with Gasteiger partial charge in [-0.3, -0.25) is 4.79 Å². The lowest BCUT2D eigenvalue weighted by Crippen LogP contribution is -1.86. The number of carbonyl (C=O) groups is 1. The number of halogens is 1. The number of hydrogen-bond acceptors (Lipinski definition) is 1. The molecule has 0 atom stereocenters. The lowest BCUT2D eigenvalue weighted by atomic mass is 10.0. The first-order chi connectivity index (χ1) is 7.31. The molecule has 0 spiro atoms. The molecular formula is C13H9ClO. The Bertz CT molecular complexity index is 477. The molecule has 1 nitrogen and oxygen atoms in total. The van der Waals surface area contributed by atoms with Crippen LogP contribution < -0.4 is 0 Å². The number of rotatable bonds is 2. The zero-order chi connectivity index (χ0) is 10.7. The van der Waals surface area contributed by atoms with Gasteiger partial charge >= 0.3 is 0 Å². The molecule has 0 aliphatic heterocycles. The minimum absolute atomic E-state index is 0.580. The fourth-order valence-electron chi connectivity index (χ4n) is 1.51. The van der Waals surface area contributed by atoms with Gasteiger partial charge in [0.1, 0.15) is 0 Å². The summed E-state index contributed by atoms with van der Waals surface area (Å²) < 4.78 is 0. The molecule has 0 saturated carbocycles. The average Bonchev–Trinajstić information content (AvgIpc) is 2.30. The Morgan fingerprint density at radius 2 is 1.73 bits per heavy atom. The van der Waals surface area contributed by atoms with E-state index in [9.17, 15) is 4.79 Å². The van der Waals surface area contributed by atoms with E-state index in [1.807, 2.05) is 36.4 Å². The Hall–Kier alpha value is -1.60. The molecule has 0 aromatic heterocycles. The van der Waals surface area contributed by atoms with Crippen molar-refractivity contribution in [3.63, 3.8) is 0 Å². The molecular weight excluding hydrogens is 208 g/mol. The van der Waals surface area contributed by atoms with Crippen LogP contribution in [0.4, 0.5) is 0 Å². The SMILES string of the molecule is O=Cc1cc(Cl)ccc1-c1ccccc1. The van der Waals surface area contributed by atoms with Gasteiger partial charge in [-0.15, -0.1) is 0 Å². The van der Waals surface area contributed by atoms with Crippen LogP contribution in [0.15, 0.2) is 48.5 Å². The summed E-state index contributed by atoms with van der Waals surface area (Å²) in [6, 6.07) is 15.1. The van der Waals surface area contributed by atoms with Gasteiger partial charge in [0, 0.05) is 10.6 Å². The summed E-state index contributed by atoms with van der Waals surface area (Å²) in [6.45, 7) is 0. The van der Waals surface area contributed by atoms with Crippen LogP contribution in [0, 0.1) is 0 Å². The topological polar surface area (TPSA) is 17.1 Å². The van der Waals surface area contributed by atoms with Gasteiger partial charge in [-0.1, -0.05) is 48.0 Å². The van der Waals surface area contributed by atoms with Crippen molar-refractivity contribution in [3.8, 4) is 11.1 Å². The highest BCUT2D eigenvalue weighted by atomic mass is 35.5. The van der Waals surface area contributed by atoms with Gasteiger partial charge in [0.2, 0.25) is 0 Å². The maximum atomic E-state index is 10.9. The summed E-state index contributed by atoms with van der Waals surface area (Å²) in [5.41, 5.74) is 2.56. The van der Waals surface area contributed by atoms with E-state index in [4.69, 9.17) is 11.6 Å². The van der Waals surface area contributed by atoms with E-state index in [0.29, 0.717) is 10.6 Å². The molecule has 0 fully saturated rings. The molecule has 0 saturated heterocycles. The summed E-state index contributed by atoms with van der Waals surface area (Å²) in [5, 5.41) is 0.580. The van der Waals surface area contributed by atoms with Gasteiger partial charge in [-0.05, 0) is 23.3 Å². The van der Waals surface area contributed by atoms with Crippen LogP contribution in [0.5, 0.6) is 0 Å². The maximum absolute atomic E-state index is 10.9. The van der Waals surface area contributed by atoms with Crippen LogP contribution in [-0.2, 0) is 0 Å². The minimum Gasteiger partial charge on any atom is -0.298 e. The van der Waals surface area contributed by atoms with Crippen LogP contribution in [0.1, 0.15) is 10.4 Å². The highest BCUT2D eigenvalue weighted by molar-refractivity contribution is 6.31. The smallest absolute Gasteiger partial charge is 0.150 e. The molecule has 2 heteroatoms. The molecule has 0 radical (unpaired) electrons. The molecule has 0 aliphatic rings. The molecule has 0 aliphatic carbocycles. The Kier molecular flexibility index (Phi) is 2.84. The van der Waals surface area contributed by atoms with E-state index < -0.39 is 0 Å². The molecule has 15 heavy (non-hydrogen) atoms. The van der Waals surface area contributed by atoms with Crippen molar-refractivity contribution in [2.24, 2.45) is 0 Å². The summed E-state index contributed by atoms with van der Waals surface area (Å²) in [5.74, 6) is 0. The number of aldehydes is 1. The first kappa shape index (κ1) is 9.94. The molecule has 0 amide bonds. The molecule has 0 bridgehead atoms. The lowest BCUT2D eigenvalue weighted by Gasteiger charge is -2.04. The van der Waals surface area contributed by atoms with Gasteiger partial charge in [-0.25, -0.2) is 0 Å². The second kappa shape index (κ2) is 4.28. The molecule has 74 valence electrons. The molecule has 2 aromatic carbocycles. The number of benzene rings is 2. The maximum Gasteiger partial charge on any atom is 0.150 e. The van der Waals surface area contributed by atoms with Crippen molar-refractivity contribution in [1.82, 2.24) is 0 Å². The van der Waals surface area contributed by atoms with Gasteiger partial charge in [-0.2, -0.15) is 0 Å². The van der Waals surface area contributed by atoms with Crippen molar-refractivity contribution in [1.29, 1.82) is 0 Å². The fraction of sp³-hybridized carbons (Fsp3) is 0. The van der Waals surface area contributed by atoms with E-state index in [0.717, 1.165) is 17.4 Å². The molecule has 2 aromatic rings. The normalized spacial score (nSPS) is 9.93. The van der Waals surface area contributed by atoms with Crippen LogP contribution in [0.2, 0.25) is 5.02 Å². The van der Waals surface area contributed by atoms with Gasteiger partial charge < -0.3 is 0 Å². The third-order valence-corrected chi connectivity index (χ3v) is 2.46. The fourth-order valence-corrected chi connectivity index (χ4v) is 1.69. The average molecular weight is 217 g/mol. The van der Waals surface area contributed by atoms with E-state index in [1.54, 1.807) is 12.1 Å². The van der Waals surface area contributed by atoms with Gasteiger partial charge in [0.25, 0.3) is 0 Å². The zero-order valence-corrected chi connectivity index (χ0v) is 8.74. The van der Waals surface area contributed by atoms with Crippen molar-refractivity contribution >= 4 is 17.9 Å². The van der Waals surface area contributed by atoms with Crippen LogP contribution in [0.25, 0.3) is 11.1 Å². The first-order valence-corrected chi connectivity index (χ1v) is 4.99. The Balaban J connectivity index is 2.58. The predicted octanol–water partition coefficient (Wildman–Crippen LogP) is 3.82. The third kappa shape index (κ3) is 2.08. The van der Waals surface area contributed by atoms with Crippen LogP contribution >= 0.6 is 11.6 Å². The van der Waals surface area contributed by atoms with E-state index in [1.165, 1.54) is 0 Å². The third-order valence-electron chi connectivity index (χ3n) is 2.23. The predicted molar refractivity (Wildman–Crippen MR) is 62.3 cm³/mol. The number of carbonyl (C=O) groups excluding carboxylic acids is 1. The summed E-state index contributed by atoms with van der Waals surface area (Å²) in [6.07, 6.45) is 0.828. The summed E-state index contributed by atoms with van der Waals surface area (Å²) in [7, 11) is 0. The molecule has 0 N–H and O–H groups in total. The second-order valence-corrected chi connectivity index (χ2v) is 3.65. The second-order valence-electron chi connectivity index (χ2n) is 3.22. The lowest BCUT2D eigenvalue weighted by molar-refractivity contribution is 0.112. The van der Waals surface area contributed by atoms with Crippen molar-refractivity contribution < 1.29 is 4.79 Å². The van der Waals surface area contributed by atoms with Gasteiger partial charge in [0.05, 0.1) is 0 Å². The Morgan fingerprint density at radius 3 is 2.40 bits per heavy atom. The van der Waals surface area contributed by atoms with E-state index in [2.05, 4.69) is 0 Å². The monoisotopic (exact) mass is 216 g/mol. The highest BCUT2D eigenvalue weighted by Gasteiger charge is 2.04. The summed E-state index contributed by atoms with van der Waals surface area (Å²) in [4.78, 5) is 10.9. The van der Waals surface area contributed by atoms with Crippen LogP contribution in [0.3, 0.4) is 0 Å². The number of hydrogen-bond donors (Lipinski definition) is 0. The van der Waals surface area contributed by atoms with Gasteiger partial charge in [0.15, 0.2) is 6.29 Å². The molecule has 0 unspecified atom stereocenters. The first-order valence-electron chi connectivity index (χ1n) is 4.61. The molecule has 0 heterocycles. The van der Waals surface area contributed by atoms with Crippen molar-refractivity contribution in [2.75, 3.05) is 0 Å². The highest BCUT2D eigenvalue weighted by Crippen LogP contribution is 2.24. The largest absolute Gasteiger partial charge is 0.298 e. The van der Waals surface area contributed by atoms with Crippen molar-refractivity contribution in [2.45, 2.75) is 0 Å². The minimum atomic E-state index is 0.580.